The van der Waals surface area contributed by atoms with E-state index >= 15 is 0 Å². The third kappa shape index (κ3) is 2.00. The van der Waals surface area contributed by atoms with Gasteiger partial charge in [-0.05, 0) is 0 Å². The Bertz CT molecular complexity index is 422. The van der Waals surface area contributed by atoms with Crippen LogP contribution >= 0.6 is 0 Å². The maximum absolute atomic E-state index is 10.8. The van der Waals surface area contributed by atoms with Crippen LogP contribution in [0.3, 0.4) is 0 Å². The Labute approximate surface area is 96.0 Å². The number of ether oxygens (including phenoxy) is 1. The summed E-state index contributed by atoms with van der Waals surface area (Å²) in [6, 6.07) is 0. The molecule has 1 saturated heterocycles. The van der Waals surface area contributed by atoms with E-state index < -0.39 is 30.4 Å². The lowest BCUT2D eigenvalue weighted by atomic mass is 10.1. The number of primary amides is 1. The summed E-state index contributed by atoms with van der Waals surface area (Å²) in [5.41, 5.74) is 10.4. The Morgan fingerprint density at radius 3 is 2.71 bits per heavy atom. The van der Waals surface area contributed by atoms with E-state index in [0.29, 0.717) is 0 Å². The quantitative estimate of drug-likeness (QED) is 0.440. The molecule has 0 saturated carbocycles. The molecular weight excluding hydrogens is 230 g/mol. The van der Waals surface area contributed by atoms with Crippen LogP contribution in [0.1, 0.15) is 16.8 Å². The Morgan fingerprint density at radius 1 is 1.53 bits per heavy atom. The summed E-state index contributed by atoms with van der Waals surface area (Å²) in [7, 11) is 0. The van der Waals surface area contributed by atoms with Crippen LogP contribution in [-0.2, 0) is 4.74 Å². The average Bonchev–Trinajstić information content (AvgIpc) is 2.87. The lowest BCUT2D eigenvalue weighted by Gasteiger charge is -2.13. The normalized spacial score (nSPS) is 32.9. The number of nitrogens with zero attached hydrogens (tertiary/aromatic N) is 3. The number of amides is 1. The van der Waals surface area contributed by atoms with Gasteiger partial charge in [0.25, 0.3) is 5.91 Å². The average molecular weight is 243 g/mol. The van der Waals surface area contributed by atoms with Crippen molar-refractivity contribution in [2.75, 3.05) is 6.54 Å². The first-order valence-electron chi connectivity index (χ1n) is 4.97. The van der Waals surface area contributed by atoms with Crippen molar-refractivity contribution in [3.8, 4) is 0 Å². The zero-order valence-electron chi connectivity index (χ0n) is 8.80. The number of nitrogens with two attached hydrogens (primary N) is 2. The molecule has 94 valence electrons. The van der Waals surface area contributed by atoms with Crippen molar-refractivity contribution in [3.05, 3.63) is 12.2 Å². The van der Waals surface area contributed by atoms with Crippen molar-refractivity contribution in [1.29, 1.82) is 0 Å². The van der Waals surface area contributed by atoms with Gasteiger partial charge in [-0.15, -0.1) is 5.10 Å². The Hall–Kier alpha value is -1.55. The van der Waals surface area contributed by atoms with Crippen molar-refractivity contribution in [2.24, 2.45) is 11.5 Å². The second kappa shape index (κ2) is 4.37. The fourth-order valence-corrected chi connectivity index (χ4v) is 1.65. The zero-order chi connectivity index (χ0) is 12.6. The zero-order valence-corrected chi connectivity index (χ0v) is 8.80. The molecule has 9 nitrogen and oxygen atoms in total. The van der Waals surface area contributed by atoms with Gasteiger partial charge in [0.05, 0.1) is 0 Å². The van der Waals surface area contributed by atoms with Crippen LogP contribution in [0.15, 0.2) is 6.33 Å². The molecule has 9 heteroatoms. The second-order valence-electron chi connectivity index (χ2n) is 3.69. The standard InChI is InChI=1S/C8H13N5O4/c9-1-3-4(14)5(15)8(17-3)13-2-11-7(12-13)6(10)16/h2-5,8,14-15H,1,9H2,(H2,10,16)/t3-,4+,5?,8-/m1/s1. The summed E-state index contributed by atoms with van der Waals surface area (Å²) in [6.45, 7) is 0.0616. The van der Waals surface area contributed by atoms with Gasteiger partial charge in [0.1, 0.15) is 24.6 Å². The van der Waals surface area contributed by atoms with E-state index in [4.69, 9.17) is 16.2 Å². The number of aromatic nitrogens is 3. The van der Waals surface area contributed by atoms with Crippen LogP contribution < -0.4 is 11.5 Å². The highest BCUT2D eigenvalue weighted by atomic mass is 16.6. The molecular formula is C8H13N5O4. The topological polar surface area (TPSA) is 150 Å². The van der Waals surface area contributed by atoms with E-state index in [1.807, 2.05) is 0 Å². The molecule has 2 rings (SSSR count). The summed E-state index contributed by atoms with van der Waals surface area (Å²) in [5, 5.41) is 23.1. The van der Waals surface area contributed by atoms with Crippen LogP contribution in [0.25, 0.3) is 0 Å². The number of carbonyl (C=O) groups is 1. The highest BCUT2D eigenvalue weighted by Gasteiger charge is 2.43. The monoisotopic (exact) mass is 243 g/mol. The molecule has 1 aliphatic rings. The van der Waals surface area contributed by atoms with Gasteiger partial charge in [0, 0.05) is 6.54 Å². The number of hydrogen-bond acceptors (Lipinski definition) is 7. The molecule has 1 unspecified atom stereocenters. The molecule has 0 aromatic carbocycles. The lowest BCUT2D eigenvalue weighted by molar-refractivity contribution is -0.0420. The number of rotatable bonds is 3. The molecule has 1 aliphatic heterocycles. The minimum absolute atomic E-state index is 0.0616. The van der Waals surface area contributed by atoms with E-state index in [1.54, 1.807) is 0 Å². The number of carbonyl (C=O) groups excluding carboxylic acids is 1. The number of aliphatic hydroxyl groups is 2. The predicted octanol–water partition coefficient (Wildman–Crippen LogP) is -3.05. The van der Waals surface area contributed by atoms with E-state index in [1.165, 1.54) is 6.33 Å². The Balaban J connectivity index is 2.19. The van der Waals surface area contributed by atoms with E-state index in [2.05, 4.69) is 10.1 Å². The molecule has 4 atom stereocenters. The maximum Gasteiger partial charge on any atom is 0.288 e. The maximum atomic E-state index is 10.8. The van der Waals surface area contributed by atoms with Gasteiger partial charge < -0.3 is 26.4 Å². The van der Waals surface area contributed by atoms with Gasteiger partial charge in [-0.3, -0.25) is 4.79 Å². The van der Waals surface area contributed by atoms with Crippen molar-refractivity contribution in [1.82, 2.24) is 14.8 Å². The molecule has 0 bridgehead atoms. The van der Waals surface area contributed by atoms with Crippen LogP contribution in [-0.4, -0.2) is 55.7 Å². The first-order valence-corrected chi connectivity index (χ1v) is 4.97. The molecule has 2 heterocycles. The van der Waals surface area contributed by atoms with Crippen molar-refractivity contribution >= 4 is 5.91 Å². The minimum atomic E-state index is -1.19. The summed E-state index contributed by atoms with van der Waals surface area (Å²) < 4.78 is 6.43. The van der Waals surface area contributed by atoms with Crippen LogP contribution in [0, 0.1) is 0 Å². The Morgan fingerprint density at radius 2 is 2.24 bits per heavy atom. The summed E-state index contributed by atoms with van der Waals surface area (Å²) in [5.74, 6) is -0.973. The molecule has 6 N–H and O–H groups in total. The largest absolute Gasteiger partial charge is 0.387 e. The van der Waals surface area contributed by atoms with Gasteiger partial charge in [-0.25, -0.2) is 9.67 Å². The fraction of sp³-hybridized carbons (Fsp3) is 0.625. The third-order valence-electron chi connectivity index (χ3n) is 2.56. The second-order valence-corrected chi connectivity index (χ2v) is 3.69. The van der Waals surface area contributed by atoms with Crippen molar-refractivity contribution in [2.45, 2.75) is 24.5 Å². The molecule has 0 radical (unpaired) electrons. The molecule has 1 amide bonds. The van der Waals surface area contributed by atoms with Crippen LogP contribution in [0.5, 0.6) is 0 Å². The number of aliphatic hydroxyl groups excluding tert-OH is 2. The highest BCUT2D eigenvalue weighted by molar-refractivity contribution is 5.88. The van der Waals surface area contributed by atoms with E-state index in [-0.39, 0.29) is 12.4 Å². The van der Waals surface area contributed by atoms with Crippen molar-refractivity contribution in [3.63, 3.8) is 0 Å². The van der Waals surface area contributed by atoms with Gasteiger partial charge in [-0.1, -0.05) is 0 Å². The van der Waals surface area contributed by atoms with Crippen LogP contribution in [0.4, 0.5) is 0 Å². The molecule has 1 aromatic heterocycles. The predicted molar refractivity (Wildman–Crippen MR) is 53.5 cm³/mol. The van der Waals surface area contributed by atoms with Gasteiger partial charge in [0.15, 0.2) is 6.23 Å². The van der Waals surface area contributed by atoms with E-state index in [0.717, 1.165) is 4.68 Å². The smallest absolute Gasteiger partial charge is 0.288 e. The van der Waals surface area contributed by atoms with Gasteiger partial charge in [0.2, 0.25) is 5.82 Å². The highest BCUT2D eigenvalue weighted by Crippen LogP contribution is 2.27. The van der Waals surface area contributed by atoms with E-state index in [9.17, 15) is 15.0 Å². The van der Waals surface area contributed by atoms with Gasteiger partial charge in [-0.2, -0.15) is 0 Å². The minimum Gasteiger partial charge on any atom is -0.387 e. The SMILES string of the molecule is NC[C@H]1O[C@@H](n2cnc(C(N)=O)n2)C(O)[C@H]1O. The number of hydrogen-bond donors (Lipinski definition) is 4. The molecule has 1 fully saturated rings. The molecule has 0 spiro atoms. The van der Waals surface area contributed by atoms with Gasteiger partial charge >= 0.3 is 0 Å². The lowest BCUT2D eigenvalue weighted by Crippen LogP contribution is -2.35. The fourth-order valence-electron chi connectivity index (χ4n) is 1.65. The van der Waals surface area contributed by atoms with Crippen molar-refractivity contribution < 1.29 is 19.7 Å². The molecule has 1 aromatic rings. The summed E-state index contributed by atoms with van der Waals surface area (Å²) >= 11 is 0. The first-order chi connectivity index (χ1) is 8.04. The van der Waals surface area contributed by atoms with Crippen LogP contribution in [0.2, 0.25) is 0 Å². The summed E-state index contributed by atoms with van der Waals surface area (Å²) in [4.78, 5) is 14.5. The first kappa shape index (κ1) is 11.9. The molecule has 0 aliphatic carbocycles. The molecule has 17 heavy (non-hydrogen) atoms. The third-order valence-corrected chi connectivity index (χ3v) is 2.56. The Kier molecular flexibility index (Phi) is 3.07. The summed E-state index contributed by atoms with van der Waals surface area (Å²) in [6.07, 6.45) is -2.72.